The van der Waals surface area contributed by atoms with Crippen LogP contribution in [-0.4, -0.2) is 28.3 Å². The summed E-state index contributed by atoms with van der Waals surface area (Å²) in [6, 6.07) is 11.4. The SMILES string of the molecule is CCOC(=O)c1cccc(NC(=O)Cn2nc(-c3ccc(F)cc3)oc2=O)c1. The van der Waals surface area contributed by atoms with Crippen molar-refractivity contribution in [1.82, 2.24) is 9.78 Å². The molecular formula is C19H16FN3O5. The van der Waals surface area contributed by atoms with E-state index in [1.54, 1.807) is 25.1 Å². The molecule has 1 amide bonds. The first-order valence-electron chi connectivity index (χ1n) is 8.37. The number of nitrogens with one attached hydrogen (secondary N) is 1. The highest BCUT2D eigenvalue weighted by Crippen LogP contribution is 2.16. The van der Waals surface area contributed by atoms with Crippen molar-refractivity contribution in [1.29, 1.82) is 0 Å². The Morgan fingerprint density at radius 2 is 1.96 bits per heavy atom. The molecule has 0 aliphatic rings. The van der Waals surface area contributed by atoms with Gasteiger partial charge < -0.3 is 14.5 Å². The van der Waals surface area contributed by atoms with E-state index in [0.29, 0.717) is 11.3 Å². The Hall–Kier alpha value is -3.75. The number of hydrogen-bond donors (Lipinski definition) is 1. The molecule has 1 aromatic heterocycles. The van der Waals surface area contributed by atoms with Crippen molar-refractivity contribution in [3.05, 3.63) is 70.5 Å². The number of benzene rings is 2. The largest absolute Gasteiger partial charge is 0.462 e. The van der Waals surface area contributed by atoms with Crippen LogP contribution in [0.15, 0.2) is 57.7 Å². The number of esters is 1. The molecule has 0 spiro atoms. The number of aromatic nitrogens is 2. The summed E-state index contributed by atoms with van der Waals surface area (Å²) in [4.78, 5) is 35.9. The summed E-state index contributed by atoms with van der Waals surface area (Å²) in [6.45, 7) is 1.54. The van der Waals surface area contributed by atoms with Crippen LogP contribution in [0.25, 0.3) is 11.5 Å². The Morgan fingerprint density at radius 1 is 1.21 bits per heavy atom. The average Bonchev–Trinajstić information content (AvgIpc) is 3.03. The third-order valence-corrected chi connectivity index (χ3v) is 3.65. The molecule has 28 heavy (non-hydrogen) atoms. The molecule has 0 aliphatic carbocycles. The molecule has 0 atom stereocenters. The monoisotopic (exact) mass is 385 g/mol. The van der Waals surface area contributed by atoms with Gasteiger partial charge in [-0.15, -0.1) is 5.10 Å². The molecule has 3 rings (SSSR count). The van der Waals surface area contributed by atoms with Crippen LogP contribution in [0.1, 0.15) is 17.3 Å². The first kappa shape index (κ1) is 19.0. The van der Waals surface area contributed by atoms with Crippen LogP contribution in [0.5, 0.6) is 0 Å². The van der Waals surface area contributed by atoms with E-state index in [9.17, 15) is 18.8 Å². The third-order valence-electron chi connectivity index (χ3n) is 3.65. The van der Waals surface area contributed by atoms with E-state index in [2.05, 4.69) is 10.4 Å². The minimum absolute atomic E-state index is 0.0258. The summed E-state index contributed by atoms with van der Waals surface area (Å²) in [5, 5.41) is 6.52. The molecule has 0 saturated carbocycles. The second-order valence-corrected chi connectivity index (χ2v) is 5.69. The number of ether oxygens (including phenoxy) is 1. The molecular weight excluding hydrogens is 369 g/mol. The quantitative estimate of drug-likeness (QED) is 0.654. The van der Waals surface area contributed by atoms with Crippen molar-refractivity contribution in [3.8, 4) is 11.5 Å². The first-order valence-corrected chi connectivity index (χ1v) is 8.37. The van der Waals surface area contributed by atoms with Crippen LogP contribution in [0.4, 0.5) is 10.1 Å². The summed E-state index contributed by atoms with van der Waals surface area (Å²) < 4.78 is 23.7. The highest BCUT2D eigenvalue weighted by atomic mass is 19.1. The van der Waals surface area contributed by atoms with Crippen LogP contribution in [-0.2, 0) is 16.1 Å². The van der Waals surface area contributed by atoms with Gasteiger partial charge in [0.25, 0.3) is 0 Å². The van der Waals surface area contributed by atoms with E-state index < -0.39 is 30.0 Å². The number of anilines is 1. The second kappa shape index (κ2) is 8.30. The van der Waals surface area contributed by atoms with Gasteiger partial charge >= 0.3 is 11.7 Å². The highest BCUT2D eigenvalue weighted by molar-refractivity contribution is 5.94. The molecule has 0 unspecified atom stereocenters. The summed E-state index contributed by atoms with van der Waals surface area (Å²) in [7, 11) is 0. The molecule has 0 bridgehead atoms. The van der Waals surface area contributed by atoms with Gasteiger partial charge in [-0.25, -0.2) is 14.0 Å². The van der Waals surface area contributed by atoms with Crippen molar-refractivity contribution < 1.29 is 23.1 Å². The maximum Gasteiger partial charge on any atom is 0.437 e. The third kappa shape index (κ3) is 4.50. The first-order chi connectivity index (χ1) is 13.5. The Morgan fingerprint density at radius 3 is 2.68 bits per heavy atom. The van der Waals surface area contributed by atoms with Crippen LogP contribution >= 0.6 is 0 Å². The van der Waals surface area contributed by atoms with Crippen molar-refractivity contribution in [3.63, 3.8) is 0 Å². The fourth-order valence-corrected chi connectivity index (χ4v) is 2.39. The van der Waals surface area contributed by atoms with Gasteiger partial charge in [-0.1, -0.05) is 6.07 Å². The van der Waals surface area contributed by atoms with Crippen molar-refractivity contribution in [2.45, 2.75) is 13.5 Å². The summed E-state index contributed by atoms with van der Waals surface area (Å²) in [5.41, 5.74) is 1.06. The molecule has 2 aromatic carbocycles. The minimum atomic E-state index is -0.824. The topological polar surface area (TPSA) is 103 Å². The molecule has 0 aliphatic heterocycles. The molecule has 9 heteroatoms. The van der Waals surface area contributed by atoms with Crippen molar-refractivity contribution in [2.75, 3.05) is 11.9 Å². The molecule has 0 fully saturated rings. The van der Waals surface area contributed by atoms with Gasteiger partial charge in [0.1, 0.15) is 12.4 Å². The molecule has 0 saturated heterocycles. The fourth-order valence-electron chi connectivity index (χ4n) is 2.39. The van der Waals surface area contributed by atoms with Gasteiger partial charge in [0.2, 0.25) is 11.8 Å². The molecule has 3 aromatic rings. The van der Waals surface area contributed by atoms with E-state index in [1.807, 2.05) is 0 Å². The van der Waals surface area contributed by atoms with Gasteiger partial charge in [-0.2, -0.15) is 4.68 Å². The highest BCUT2D eigenvalue weighted by Gasteiger charge is 2.14. The van der Waals surface area contributed by atoms with E-state index in [-0.39, 0.29) is 18.1 Å². The van der Waals surface area contributed by atoms with Gasteiger partial charge in [0.05, 0.1) is 12.2 Å². The zero-order valence-electron chi connectivity index (χ0n) is 14.8. The molecule has 1 N–H and O–H groups in total. The molecule has 8 nitrogen and oxygen atoms in total. The van der Waals surface area contributed by atoms with Crippen LogP contribution in [0.2, 0.25) is 0 Å². The van der Waals surface area contributed by atoms with E-state index in [0.717, 1.165) is 4.68 Å². The van der Waals surface area contributed by atoms with E-state index in [4.69, 9.17) is 9.15 Å². The van der Waals surface area contributed by atoms with E-state index in [1.165, 1.54) is 30.3 Å². The summed E-state index contributed by atoms with van der Waals surface area (Å²) in [6.07, 6.45) is 0. The number of nitrogens with zero attached hydrogens (tertiary/aromatic N) is 2. The maximum absolute atomic E-state index is 13.0. The van der Waals surface area contributed by atoms with Gasteiger partial charge in [-0.05, 0) is 49.4 Å². The minimum Gasteiger partial charge on any atom is -0.462 e. The zero-order valence-corrected chi connectivity index (χ0v) is 14.8. The maximum atomic E-state index is 13.0. The lowest BCUT2D eigenvalue weighted by atomic mass is 10.2. The van der Waals surface area contributed by atoms with Gasteiger partial charge in [0, 0.05) is 11.3 Å². The predicted molar refractivity (Wildman–Crippen MR) is 97.2 cm³/mol. The van der Waals surface area contributed by atoms with Crippen LogP contribution in [0.3, 0.4) is 0 Å². The Labute approximate surface area is 158 Å². The lowest BCUT2D eigenvalue weighted by molar-refractivity contribution is -0.117. The molecule has 1 heterocycles. The number of halogens is 1. The van der Waals surface area contributed by atoms with Crippen LogP contribution < -0.4 is 11.1 Å². The smallest absolute Gasteiger partial charge is 0.437 e. The standard InChI is InChI=1S/C19H16FN3O5/c1-2-27-18(25)13-4-3-5-15(10-13)21-16(24)11-23-19(26)28-17(22-23)12-6-8-14(20)9-7-12/h3-10H,2,11H2,1H3,(H,21,24). The van der Waals surface area contributed by atoms with Crippen molar-refractivity contribution in [2.24, 2.45) is 0 Å². The average molecular weight is 385 g/mol. The van der Waals surface area contributed by atoms with E-state index >= 15 is 0 Å². The zero-order chi connectivity index (χ0) is 20.1. The Bertz CT molecular complexity index is 1060. The molecule has 0 radical (unpaired) electrons. The number of carbonyl (C=O) groups is 2. The summed E-state index contributed by atoms with van der Waals surface area (Å²) >= 11 is 0. The lowest BCUT2D eigenvalue weighted by Crippen LogP contribution is -2.26. The van der Waals surface area contributed by atoms with Gasteiger partial charge in [-0.3, -0.25) is 4.79 Å². The Balaban J connectivity index is 1.70. The number of rotatable bonds is 6. The van der Waals surface area contributed by atoms with Crippen molar-refractivity contribution >= 4 is 17.6 Å². The number of carbonyl (C=O) groups excluding carboxylic acids is 2. The lowest BCUT2D eigenvalue weighted by Gasteiger charge is -2.07. The predicted octanol–water partition coefficient (Wildman–Crippen LogP) is 2.46. The second-order valence-electron chi connectivity index (χ2n) is 5.69. The summed E-state index contributed by atoms with van der Waals surface area (Å²) in [5.74, 6) is -2.33. The Kier molecular flexibility index (Phi) is 5.64. The van der Waals surface area contributed by atoms with Gasteiger partial charge in [0.15, 0.2) is 0 Å². The fraction of sp³-hybridized carbons (Fsp3) is 0.158. The number of amides is 1. The normalized spacial score (nSPS) is 10.5. The van der Waals surface area contributed by atoms with Crippen LogP contribution in [0, 0.1) is 5.82 Å². The molecule has 144 valence electrons. The number of hydrogen-bond acceptors (Lipinski definition) is 6.